The van der Waals surface area contributed by atoms with Crippen LogP contribution in [0.2, 0.25) is 0 Å². The van der Waals surface area contributed by atoms with Crippen molar-refractivity contribution in [1.29, 1.82) is 0 Å². The second-order valence-corrected chi connectivity index (χ2v) is 6.03. The number of aliphatic hydroxyl groups is 1. The van der Waals surface area contributed by atoms with Crippen LogP contribution in [-0.2, 0) is 0 Å². The summed E-state index contributed by atoms with van der Waals surface area (Å²) in [6.45, 7) is 5.26. The molecule has 0 saturated heterocycles. The first-order valence-electron chi connectivity index (χ1n) is 6.70. The predicted molar refractivity (Wildman–Crippen MR) is 66.1 cm³/mol. The Morgan fingerprint density at radius 1 is 1.44 bits per heavy atom. The van der Waals surface area contributed by atoms with Crippen molar-refractivity contribution in [3.05, 3.63) is 0 Å². The van der Waals surface area contributed by atoms with Gasteiger partial charge in [0.15, 0.2) is 0 Å². The van der Waals surface area contributed by atoms with Crippen LogP contribution in [-0.4, -0.2) is 29.8 Å². The van der Waals surface area contributed by atoms with Gasteiger partial charge in [0.2, 0.25) is 0 Å². The molecular weight excluding hydrogens is 200 g/mol. The Bertz CT molecular complexity index is 246. The molecule has 0 amide bonds. The fourth-order valence-electron chi connectivity index (χ4n) is 3.68. The lowest BCUT2D eigenvalue weighted by molar-refractivity contribution is 0.147. The zero-order valence-electron chi connectivity index (χ0n) is 10.6. The van der Waals surface area contributed by atoms with Crippen LogP contribution < -0.4 is 11.1 Å². The van der Waals surface area contributed by atoms with Gasteiger partial charge >= 0.3 is 0 Å². The molecule has 5 unspecified atom stereocenters. The van der Waals surface area contributed by atoms with E-state index in [0.29, 0.717) is 12.0 Å². The average Bonchev–Trinajstić information content (AvgIpc) is 2.88. The molecule has 3 nitrogen and oxygen atoms in total. The van der Waals surface area contributed by atoms with E-state index in [1.165, 1.54) is 25.7 Å². The van der Waals surface area contributed by atoms with Crippen LogP contribution in [0.25, 0.3) is 0 Å². The number of nitrogens with one attached hydrogen (secondary N) is 1. The van der Waals surface area contributed by atoms with E-state index in [1.54, 1.807) is 0 Å². The predicted octanol–water partition coefficient (Wildman–Crippen LogP) is 1.11. The number of fused-ring (bicyclic) bond motifs is 2. The maximum atomic E-state index is 9.20. The topological polar surface area (TPSA) is 58.3 Å². The van der Waals surface area contributed by atoms with E-state index in [1.807, 2.05) is 0 Å². The van der Waals surface area contributed by atoms with Gasteiger partial charge in [-0.3, -0.25) is 0 Å². The molecule has 0 aromatic heterocycles. The molecule has 5 atom stereocenters. The zero-order chi connectivity index (χ0) is 11.8. The van der Waals surface area contributed by atoms with Crippen LogP contribution in [0.4, 0.5) is 0 Å². The van der Waals surface area contributed by atoms with Crippen molar-refractivity contribution >= 4 is 0 Å². The lowest BCUT2D eigenvalue weighted by atomic mass is 9.79. The summed E-state index contributed by atoms with van der Waals surface area (Å²) in [4.78, 5) is 0. The molecular formula is C13H26N2O. The summed E-state index contributed by atoms with van der Waals surface area (Å²) in [5.41, 5.74) is 6.19. The van der Waals surface area contributed by atoms with Crippen LogP contribution in [0.15, 0.2) is 0 Å². The maximum absolute atomic E-state index is 9.20. The van der Waals surface area contributed by atoms with Crippen molar-refractivity contribution in [2.24, 2.45) is 23.5 Å². The molecule has 16 heavy (non-hydrogen) atoms. The van der Waals surface area contributed by atoms with Crippen molar-refractivity contribution in [2.75, 3.05) is 13.2 Å². The highest BCUT2D eigenvalue weighted by atomic mass is 16.3. The molecule has 2 aliphatic carbocycles. The Morgan fingerprint density at radius 2 is 2.19 bits per heavy atom. The van der Waals surface area contributed by atoms with E-state index in [2.05, 4.69) is 19.2 Å². The third-order valence-corrected chi connectivity index (χ3v) is 5.00. The molecule has 2 rings (SSSR count). The largest absolute Gasteiger partial charge is 0.396 e. The first kappa shape index (κ1) is 12.3. The number of hydrogen-bond donors (Lipinski definition) is 3. The van der Waals surface area contributed by atoms with Crippen molar-refractivity contribution in [2.45, 2.75) is 51.1 Å². The monoisotopic (exact) mass is 226 g/mol. The molecule has 2 aliphatic rings. The summed E-state index contributed by atoms with van der Waals surface area (Å²) in [5.74, 6) is 1.98. The molecule has 0 aliphatic heterocycles. The van der Waals surface area contributed by atoms with Gasteiger partial charge in [0.25, 0.3) is 0 Å². The van der Waals surface area contributed by atoms with E-state index < -0.39 is 0 Å². The number of rotatable bonds is 5. The first-order valence-corrected chi connectivity index (χ1v) is 6.70. The summed E-state index contributed by atoms with van der Waals surface area (Å²) in [7, 11) is 0. The summed E-state index contributed by atoms with van der Waals surface area (Å²) in [6, 6.07) is 0.355. The molecule has 2 saturated carbocycles. The van der Waals surface area contributed by atoms with Crippen molar-refractivity contribution < 1.29 is 5.11 Å². The summed E-state index contributed by atoms with van der Waals surface area (Å²) in [5, 5.41) is 12.9. The van der Waals surface area contributed by atoms with Gasteiger partial charge in [-0.2, -0.15) is 0 Å². The third kappa shape index (κ3) is 2.01. The Labute approximate surface area is 98.8 Å². The van der Waals surface area contributed by atoms with Gasteiger partial charge in [0.1, 0.15) is 0 Å². The van der Waals surface area contributed by atoms with Crippen LogP contribution >= 0.6 is 0 Å². The minimum Gasteiger partial charge on any atom is -0.396 e. The van der Waals surface area contributed by atoms with E-state index in [0.717, 1.165) is 18.4 Å². The fourth-order valence-corrected chi connectivity index (χ4v) is 3.68. The lowest BCUT2D eigenvalue weighted by Crippen LogP contribution is -2.59. The number of hydrogen-bond acceptors (Lipinski definition) is 3. The molecule has 0 aromatic rings. The van der Waals surface area contributed by atoms with Crippen molar-refractivity contribution in [3.8, 4) is 0 Å². The van der Waals surface area contributed by atoms with Gasteiger partial charge in [-0.25, -0.2) is 0 Å². The van der Waals surface area contributed by atoms with E-state index in [-0.39, 0.29) is 12.1 Å². The molecule has 4 N–H and O–H groups in total. The fraction of sp³-hybridized carbons (Fsp3) is 1.00. The highest BCUT2D eigenvalue weighted by molar-refractivity contribution is 5.08. The standard InChI is InChI=1S/C13H26N2O/c1-9(7-16)10(2)15-13(8-14)6-11-3-4-12(13)5-11/h9-12,15-16H,3-8,14H2,1-2H3. The van der Waals surface area contributed by atoms with Gasteiger partial charge < -0.3 is 16.2 Å². The van der Waals surface area contributed by atoms with Crippen LogP contribution in [0, 0.1) is 17.8 Å². The Balaban J connectivity index is 2.00. The van der Waals surface area contributed by atoms with Gasteiger partial charge in [0, 0.05) is 24.7 Å². The lowest BCUT2D eigenvalue weighted by Gasteiger charge is -2.41. The zero-order valence-corrected chi connectivity index (χ0v) is 10.6. The molecule has 0 spiro atoms. The highest BCUT2D eigenvalue weighted by Crippen LogP contribution is 2.50. The smallest absolute Gasteiger partial charge is 0.0471 e. The number of nitrogens with two attached hydrogens (primary N) is 1. The molecule has 0 aromatic carbocycles. The van der Waals surface area contributed by atoms with E-state index in [9.17, 15) is 5.11 Å². The quantitative estimate of drug-likeness (QED) is 0.658. The molecule has 0 heterocycles. The van der Waals surface area contributed by atoms with Crippen LogP contribution in [0.3, 0.4) is 0 Å². The van der Waals surface area contributed by atoms with Crippen molar-refractivity contribution in [1.82, 2.24) is 5.32 Å². The molecule has 94 valence electrons. The van der Waals surface area contributed by atoms with Gasteiger partial charge in [-0.15, -0.1) is 0 Å². The normalized spacial score (nSPS) is 41.2. The molecule has 0 radical (unpaired) electrons. The third-order valence-electron chi connectivity index (χ3n) is 5.00. The SMILES string of the molecule is CC(CO)C(C)NC1(CN)CC2CCC1C2. The van der Waals surface area contributed by atoms with Crippen LogP contribution in [0.5, 0.6) is 0 Å². The second-order valence-electron chi connectivity index (χ2n) is 6.03. The Hall–Kier alpha value is -0.120. The average molecular weight is 226 g/mol. The van der Waals surface area contributed by atoms with Gasteiger partial charge in [0.05, 0.1) is 0 Å². The molecule has 3 heteroatoms. The first-order chi connectivity index (χ1) is 7.61. The summed E-state index contributed by atoms with van der Waals surface area (Å²) >= 11 is 0. The molecule has 2 fully saturated rings. The Kier molecular flexibility index (Phi) is 3.57. The van der Waals surface area contributed by atoms with E-state index >= 15 is 0 Å². The minimum absolute atomic E-state index is 0.172. The number of aliphatic hydroxyl groups excluding tert-OH is 1. The summed E-state index contributed by atoms with van der Waals surface area (Å²) in [6.07, 6.45) is 5.36. The van der Waals surface area contributed by atoms with Gasteiger partial charge in [-0.05, 0) is 43.9 Å². The van der Waals surface area contributed by atoms with E-state index in [4.69, 9.17) is 5.73 Å². The summed E-state index contributed by atoms with van der Waals surface area (Å²) < 4.78 is 0. The molecule has 2 bridgehead atoms. The Morgan fingerprint density at radius 3 is 2.62 bits per heavy atom. The second kappa shape index (κ2) is 4.63. The highest BCUT2D eigenvalue weighted by Gasteiger charge is 2.50. The van der Waals surface area contributed by atoms with Gasteiger partial charge in [-0.1, -0.05) is 13.3 Å². The van der Waals surface area contributed by atoms with Crippen LogP contribution in [0.1, 0.15) is 39.5 Å². The van der Waals surface area contributed by atoms with Crippen molar-refractivity contribution in [3.63, 3.8) is 0 Å². The minimum atomic E-state index is 0.172. The maximum Gasteiger partial charge on any atom is 0.0471 e.